The minimum atomic E-state index is -0.227. The van der Waals surface area contributed by atoms with Crippen LogP contribution in [0.1, 0.15) is 25.5 Å². The smallest absolute Gasteiger partial charge is 0.277 e. The summed E-state index contributed by atoms with van der Waals surface area (Å²) in [4.78, 5) is 14.7. The van der Waals surface area contributed by atoms with Gasteiger partial charge in [0.25, 0.3) is 5.56 Å². The van der Waals surface area contributed by atoms with Crippen molar-refractivity contribution in [3.8, 4) is 0 Å². The molecule has 4 heteroatoms. The van der Waals surface area contributed by atoms with Gasteiger partial charge in [0, 0.05) is 24.3 Å². The van der Waals surface area contributed by atoms with E-state index in [1.54, 1.807) is 6.20 Å². The molecular weight excluding hydrogens is 154 g/mol. The number of hydrogen-bond acceptors (Lipinski definition) is 3. The van der Waals surface area contributed by atoms with Gasteiger partial charge in [-0.15, -0.1) is 0 Å². The van der Waals surface area contributed by atoms with Crippen molar-refractivity contribution in [2.24, 2.45) is 5.73 Å². The second-order valence-electron chi connectivity index (χ2n) is 2.95. The zero-order valence-electron chi connectivity index (χ0n) is 7.32. The van der Waals surface area contributed by atoms with Crippen molar-refractivity contribution in [1.82, 2.24) is 9.55 Å². The maximum atomic E-state index is 11.0. The number of nitrogens with two attached hydrogens (primary N) is 1. The molecular formula is C8H13N3O. The molecule has 0 aliphatic carbocycles. The van der Waals surface area contributed by atoms with Crippen LogP contribution >= 0.6 is 0 Å². The van der Waals surface area contributed by atoms with Crippen LogP contribution in [0.5, 0.6) is 0 Å². The maximum Gasteiger partial charge on any atom is 0.277 e. The zero-order chi connectivity index (χ0) is 9.14. The summed E-state index contributed by atoms with van der Waals surface area (Å²) in [5.41, 5.74) is 5.70. The van der Waals surface area contributed by atoms with Gasteiger partial charge in [-0.1, -0.05) is 0 Å². The Labute approximate surface area is 71.0 Å². The third-order valence-electron chi connectivity index (χ3n) is 1.70. The van der Waals surface area contributed by atoms with Gasteiger partial charge in [-0.25, -0.2) is 0 Å². The predicted molar refractivity (Wildman–Crippen MR) is 46.8 cm³/mol. The molecule has 0 spiro atoms. The van der Waals surface area contributed by atoms with Crippen LogP contribution < -0.4 is 11.3 Å². The van der Waals surface area contributed by atoms with Crippen molar-refractivity contribution >= 4 is 0 Å². The van der Waals surface area contributed by atoms with E-state index in [-0.39, 0.29) is 12.1 Å². The number of hydrogen-bond donors (Lipinski definition) is 1. The maximum absolute atomic E-state index is 11.0. The summed E-state index contributed by atoms with van der Waals surface area (Å²) < 4.78 is 1.86. The van der Waals surface area contributed by atoms with Gasteiger partial charge in [-0.2, -0.15) is 4.98 Å². The van der Waals surface area contributed by atoms with Crippen molar-refractivity contribution in [2.45, 2.75) is 26.4 Å². The van der Waals surface area contributed by atoms with Crippen LogP contribution in [0.25, 0.3) is 0 Å². The number of aromatic nitrogens is 2. The van der Waals surface area contributed by atoms with Crippen LogP contribution in [0.4, 0.5) is 0 Å². The molecule has 2 N–H and O–H groups in total. The molecule has 0 bridgehead atoms. The first kappa shape index (κ1) is 8.93. The highest BCUT2D eigenvalue weighted by atomic mass is 16.1. The molecule has 0 amide bonds. The Kier molecular flexibility index (Phi) is 2.60. The van der Waals surface area contributed by atoms with Crippen LogP contribution in [0.3, 0.4) is 0 Å². The summed E-state index contributed by atoms with van der Waals surface area (Å²) >= 11 is 0. The molecule has 0 fully saturated rings. The summed E-state index contributed by atoms with van der Waals surface area (Å²) in [5.74, 6) is 0. The molecule has 1 aromatic rings. The molecule has 0 unspecified atom stereocenters. The van der Waals surface area contributed by atoms with E-state index in [9.17, 15) is 4.79 Å². The van der Waals surface area contributed by atoms with Gasteiger partial charge in [-0.3, -0.25) is 4.79 Å². The van der Waals surface area contributed by atoms with Gasteiger partial charge in [0.05, 0.1) is 6.33 Å². The lowest BCUT2D eigenvalue weighted by atomic mass is 10.3. The summed E-state index contributed by atoms with van der Waals surface area (Å²) in [7, 11) is 0. The van der Waals surface area contributed by atoms with Crippen molar-refractivity contribution in [3.05, 3.63) is 28.4 Å². The van der Waals surface area contributed by atoms with Crippen molar-refractivity contribution in [1.29, 1.82) is 0 Å². The quantitative estimate of drug-likeness (QED) is 0.688. The normalized spacial score (nSPS) is 10.7. The Morgan fingerprint density at radius 1 is 1.67 bits per heavy atom. The average molecular weight is 167 g/mol. The second-order valence-corrected chi connectivity index (χ2v) is 2.95. The molecule has 0 atom stereocenters. The Hall–Kier alpha value is -1.16. The highest BCUT2D eigenvalue weighted by molar-refractivity contribution is 5.03. The SMILES string of the molecule is CC(C)n1cnc(=O)c(CN)c1. The molecule has 1 rings (SSSR count). The third kappa shape index (κ3) is 1.71. The third-order valence-corrected chi connectivity index (χ3v) is 1.70. The van der Waals surface area contributed by atoms with E-state index in [0.717, 1.165) is 0 Å². The van der Waals surface area contributed by atoms with Crippen molar-refractivity contribution < 1.29 is 0 Å². The van der Waals surface area contributed by atoms with E-state index < -0.39 is 0 Å². The minimum absolute atomic E-state index is 0.227. The van der Waals surface area contributed by atoms with E-state index in [2.05, 4.69) is 4.98 Å². The van der Waals surface area contributed by atoms with Gasteiger partial charge in [0.1, 0.15) is 0 Å². The zero-order valence-corrected chi connectivity index (χ0v) is 7.32. The van der Waals surface area contributed by atoms with Crippen LogP contribution in [0.2, 0.25) is 0 Å². The van der Waals surface area contributed by atoms with Gasteiger partial charge in [-0.05, 0) is 13.8 Å². The monoisotopic (exact) mass is 167 g/mol. The summed E-state index contributed by atoms with van der Waals surface area (Å²) in [5, 5.41) is 0. The van der Waals surface area contributed by atoms with E-state index in [4.69, 9.17) is 5.73 Å². The molecule has 0 saturated carbocycles. The van der Waals surface area contributed by atoms with Gasteiger partial charge in [0.2, 0.25) is 0 Å². The second kappa shape index (κ2) is 3.49. The van der Waals surface area contributed by atoms with Crippen LogP contribution in [0, 0.1) is 0 Å². The fraction of sp³-hybridized carbons (Fsp3) is 0.500. The molecule has 0 radical (unpaired) electrons. The van der Waals surface area contributed by atoms with E-state index in [0.29, 0.717) is 11.6 Å². The lowest BCUT2D eigenvalue weighted by Crippen LogP contribution is -2.19. The highest BCUT2D eigenvalue weighted by Gasteiger charge is 2.00. The largest absolute Gasteiger partial charge is 0.336 e. The fourth-order valence-electron chi connectivity index (χ4n) is 0.893. The lowest BCUT2D eigenvalue weighted by Gasteiger charge is -2.09. The summed E-state index contributed by atoms with van der Waals surface area (Å²) in [6, 6.07) is 0.309. The summed E-state index contributed by atoms with van der Waals surface area (Å²) in [6.07, 6.45) is 3.28. The predicted octanol–water partition coefficient (Wildman–Crippen LogP) is 0.283. The Morgan fingerprint density at radius 2 is 2.33 bits per heavy atom. The van der Waals surface area contributed by atoms with Gasteiger partial charge < -0.3 is 10.3 Å². The molecule has 1 aromatic heterocycles. The fourth-order valence-corrected chi connectivity index (χ4v) is 0.893. The van der Waals surface area contributed by atoms with E-state index in [1.807, 2.05) is 18.4 Å². The Balaban J connectivity index is 3.14. The Morgan fingerprint density at radius 3 is 2.83 bits per heavy atom. The number of rotatable bonds is 2. The Bertz CT molecular complexity index is 316. The molecule has 66 valence electrons. The molecule has 0 aromatic carbocycles. The molecule has 12 heavy (non-hydrogen) atoms. The number of nitrogens with zero attached hydrogens (tertiary/aromatic N) is 2. The molecule has 0 aliphatic heterocycles. The molecule has 0 aliphatic rings. The lowest BCUT2D eigenvalue weighted by molar-refractivity contribution is 0.578. The van der Waals surface area contributed by atoms with Crippen LogP contribution in [0.15, 0.2) is 17.3 Å². The van der Waals surface area contributed by atoms with E-state index >= 15 is 0 Å². The van der Waals surface area contributed by atoms with Gasteiger partial charge >= 0.3 is 0 Å². The summed E-state index contributed by atoms with van der Waals surface area (Å²) in [6.45, 7) is 4.29. The van der Waals surface area contributed by atoms with Crippen molar-refractivity contribution in [2.75, 3.05) is 0 Å². The van der Waals surface area contributed by atoms with Crippen molar-refractivity contribution in [3.63, 3.8) is 0 Å². The van der Waals surface area contributed by atoms with E-state index in [1.165, 1.54) is 6.33 Å². The first-order valence-electron chi connectivity index (χ1n) is 3.92. The molecule has 4 nitrogen and oxygen atoms in total. The molecule has 0 saturated heterocycles. The first-order chi connectivity index (χ1) is 5.65. The average Bonchev–Trinajstić information content (AvgIpc) is 2.05. The standard InChI is InChI=1S/C8H13N3O/c1-6(2)11-4-7(3-9)8(12)10-5-11/h4-6H,3,9H2,1-2H3. The van der Waals surface area contributed by atoms with Gasteiger partial charge in [0.15, 0.2) is 0 Å². The minimum Gasteiger partial charge on any atom is -0.336 e. The molecule has 1 heterocycles. The highest BCUT2D eigenvalue weighted by Crippen LogP contribution is 2.01. The van der Waals surface area contributed by atoms with Crippen LogP contribution in [-0.2, 0) is 6.54 Å². The topological polar surface area (TPSA) is 60.9 Å². The van der Waals surface area contributed by atoms with Crippen LogP contribution in [-0.4, -0.2) is 9.55 Å². The first-order valence-corrected chi connectivity index (χ1v) is 3.92.